The molecular formula is C23H41NO3S. The van der Waals surface area contributed by atoms with E-state index in [9.17, 15) is 8.42 Å². The van der Waals surface area contributed by atoms with Gasteiger partial charge in [-0.3, -0.25) is 4.90 Å². The average molecular weight is 412 g/mol. The first-order valence-electron chi connectivity index (χ1n) is 11.5. The molecule has 0 bridgehead atoms. The van der Waals surface area contributed by atoms with Gasteiger partial charge in [-0.2, -0.15) is 0 Å². The second kappa shape index (κ2) is 12.8. The van der Waals surface area contributed by atoms with Gasteiger partial charge in [-0.15, -0.1) is 0 Å². The van der Waals surface area contributed by atoms with Crippen molar-refractivity contribution in [3.8, 4) is 0 Å². The lowest BCUT2D eigenvalue weighted by Gasteiger charge is -2.43. The third-order valence-corrected chi connectivity index (χ3v) is 7.60. The highest BCUT2D eigenvalue weighted by Gasteiger charge is 2.38. The zero-order valence-corrected chi connectivity index (χ0v) is 18.7. The molecule has 0 aromatic carbocycles. The third kappa shape index (κ3) is 8.38. The number of unbranched alkanes of at least 4 members (excludes halogenated alkanes) is 10. The Hall–Kier alpha value is -0.650. The highest BCUT2D eigenvalue weighted by Crippen LogP contribution is 2.29. The minimum atomic E-state index is -2.87. The van der Waals surface area contributed by atoms with Gasteiger partial charge in [0, 0.05) is 26.1 Å². The van der Waals surface area contributed by atoms with Crippen molar-refractivity contribution in [2.75, 3.05) is 31.2 Å². The molecule has 0 N–H and O–H groups in total. The molecule has 0 radical (unpaired) electrons. The smallest absolute Gasteiger partial charge is 0.152 e. The summed E-state index contributed by atoms with van der Waals surface area (Å²) in [6, 6.07) is 0. The highest BCUT2D eigenvalue weighted by atomic mass is 32.2. The normalized spacial score (nSPS) is 24.6. The highest BCUT2D eigenvalue weighted by molar-refractivity contribution is 7.91. The summed E-state index contributed by atoms with van der Waals surface area (Å²) < 4.78 is 29.9. The molecule has 0 amide bonds. The van der Waals surface area contributed by atoms with Crippen molar-refractivity contribution in [2.24, 2.45) is 0 Å². The molecule has 5 heteroatoms. The molecule has 2 rings (SSSR count). The lowest BCUT2D eigenvalue weighted by molar-refractivity contribution is -0.119. The van der Waals surface area contributed by atoms with Crippen LogP contribution in [-0.4, -0.2) is 50.2 Å². The van der Waals surface area contributed by atoms with Crippen LogP contribution < -0.4 is 0 Å². The molecule has 0 aromatic heterocycles. The monoisotopic (exact) mass is 411 g/mol. The van der Waals surface area contributed by atoms with E-state index in [1.54, 1.807) is 0 Å². The van der Waals surface area contributed by atoms with E-state index in [4.69, 9.17) is 4.74 Å². The Morgan fingerprint density at radius 2 is 1.43 bits per heavy atom. The van der Waals surface area contributed by atoms with Crippen LogP contribution in [0.4, 0.5) is 0 Å². The van der Waals surface area contributed by atoms with Crippen molar-refractivity contribution >= 4 is 9.84 Å². The van der Waals surface area contributed by atoms with Crippen molar-refractivity contribution in [1.82, 2.24) is 4.90 Å². The lowest BCUT2D eigenvalue weighted by atomic mass is 10.0. The van der Waals surface area contributed by atoms with Gasteiger partial charge in [0.15, 0.2) is 9.84 Å². The molecule has 4 nitrogen and oxygen atoms in total. The Balaban J connectivity index is 1.59. The molecule has 1 heterocycles. The quantitative estimate of drug-likeness (QED) is 0.366. The van der Waals surface area contributed by atoms with Gasteiger partial charge in [0.2, 0.25) is 0 Å². The Morgan fingerprint density at radius 1 is 0.857 bits per heavy atom. The van der Waals surface area contributed by atoms with Gasteiger partial charge in [0.05, 0.1) is 11.5 Å². The first kappa shape index (κ1) is 23.6. The predicted molar refractivity (Wildman–Crippen MR) is 118 cm³/mol. The number of hydrogen-bond acceptors (Lipinski definition) is 4. The van der Waals surface area contributed by atoms with E-state index in [2.05, 4.69) is 24.0 Å². The minimum absolute atomic E-state index is 0.244. The van der Waals surface area contributed by atoms with Crippen molar-refractivity contribution in [2.45, 2.75) is 89.7 Å². The Morgan fingerprint density at radius 3 is 1.96 bits per heavy atom. The van der Waals surface area contributed by atoms with Gasteiger partial charge in [-0.25, -0.2) is 8.42 Å². The van der Waals surface area contributed by atoms with Crippen LogP contribution in [0, 0.1) is 0 Å². The maximum Gasteiger partial charge on any atom is 0.152 e. The molecule has 1 fully saturated rings. The second-order valence-corrected chi connectivity index (χ2v) is 10.7. The zero-order chi connectivity index (χ0) is 20.1. The van der Waals surface area contributed by atoms with E-state index in [0.29, 0.717) is 13.1 Å². The van der Waals surface area contributed by atoms with E-state index in [1.807, 2.05) is 12.2 Å². The average Bonchev–Trinajstić information content (AvgIpc) is 2.69. The molecule has 162 valence electrons. The molecule has 1 aliphatic heterocycles. The Labute approximate surface area is 173 Å². The SMILES string of the molecule is CCCCCCCCCCCCCOC1(N2CCS(=O)(=O)CC2)C=CC=CC1. The largest absolute Gasteiger partial charge is 0.356 e. The molecule has 0 saturated carbocycles. The van der Waals surface area contributed by atoms with Crippen molar-refractivity contribution in [1.29, 1.82) is 0 Å². The maximum atomic E-state index is 11.8. The molecule has 2 aliphatic rings. The summed E-state index contributed by atoms with van der Waals surface area (Å²) in [6.07, 6.45) is 23.8. The molecule has 0 aromatic rings. The van der Waals surface area contributed by atoms with Crippen molar-refractivity contribution in [3.63, 3.8) is 0 Å². The molecule has 1 unspecified atom stereocenters. The van der Waals surface area contributed by atoms with Gasteiger partial charge >= 0.3 is 0 Å². The van der Waals surface area contributed by atoms with Crippen LogP contribution >= 0.6 is 0 Å². The molecule has 1 saturated heterocycles. The van der Waals surface area contributed by atoms with E-state index < -0.39 is 15.6 Å². The first-order chi connectivity index (χ1) is 13.6. The lowest BCUT2D eigenvalue weighted by Crippen LogP contribution is -2.55. The predicted octanol–water partition coefficient (Wildman–Crippen LogP) is 5.26. The number of ether oxygens (including phenoxy) is 1. The minimum Gasteiger partial charge on any atom is -0.356 e. The summed E-state index contributed by atoms with van der Waals surface area (Å²) in [5, 5.41) is 0. The van der Waals surface area contributed by atoms with E-state index >= 15 is 0 Å². The Kier molecular flexibility index (Phi) is 10.8. The van der Waals surface area contributed by atoms with Gasteiger partial charge in [0.25, 0.3) is 0 Å². The fraction of sp³-hybridized carbons (Fsp3) is 0.826. The standard InChI is InChI=1S/C23H41NO3S/c1-2-3-4-5-6-7-8-9-10-11-15-20-27-23(16-13-12-14-17-23)24-18-21-28(25,26)22-19-24/h12-14,16H,2-11,15,17-22H2,1H3. The number of hydrogen-bond donors (Lipinski definition) is 0. The second-order valence-electron chi connectivity index (χ2n) is 8.36. The van der Waals surface area contributed by atoms with E-state index in [1.165, 1.54) is 64.2 Å². The summed E-state index contributed by atoms with van der Waals surface area (Å²) in [7, 11) is -2.87. The van der Waals surface area contributed by atoms with Crippen LogP contribution in [0.1, 0.15) is 84.0 Å². The summed E-state index contributed by atoms with van der Waals surface area (Å²) in [4.78, 5) is 2.21. The molecule has 28 heavy (non-hydrogen) atoms. The molecule has 0 spiro atoms. The maximum absolute atomic E-state index is 11.8. The molecule has 1 atom stereocenters. The summed E-state index contributed by atoms with van der Waals surface area (Å²) in [5.41, 5.74) is -0.441. The van der Waals surface area contributed by atoms with Gasteiger partial charge in [0.1, 0.15) is 5.72 Å². The number of nitrogens with zero attached hydrogens (tertiary/aromatic N) is 1. The molecule has 1 aliphatic carbocycles. The Bertz CT molecular complexity index is 571. The van der Waals surface area contributed by atoms with Crippen LogP contribution in [-0.2, 0) is 14.6 Å². The summed E-state index contributed by atoms with van der Waals surface area (Å²) in [5.74, 6) is 0.488. The fourth-order valence-corrected chi connectivity index (χ4v) is 5.33. The molecular weight excluding hydrogens is 370 g/mol. The van der Waals surface area contributed by atoms with Crippen LogP contribution in [0.25, 0.3) is 0 Å². The van der Waals surface area contributed by atoms with Crippen LogP contribution in [0.2, 0.25) is 0 Å². The number of sulfone groups is 1. The summed E-state index contributed by atoms with van der Waals surface area (Å²) >= 11 is 0. The summed E-state index contributed by atoms with van der Waals surface area (Å²) in [6.45, 7) is 4.15. The van der Waals surface area contributed by atoms with Crippen LogP contribution in [0.15, 0.2) is 24.3 Å². The topological polar surface area (TPSA) is 46.6 Å². The van der Waals surface area contributed by atoms with Crippen LogP contribution in [0.3, 0.4) is 0 Å². The van der Waals surface area contributed by atoms with Gasteiger partial charge in [-0.1, -0.05) is 89.4 Å². The van der Waals surface area contributed by atoms with E-state index in [0.717, 1.165) is 19.4 Å². The van der Waals surface area contributed by atoms with Crippen LogP contribution in [0.5, 0.6) is 0 Å². The zero-order valence-electron chi connectivity index (χ0n) is 17.9. The van der Waals surface area contributed by atoms with Gasteiger partial charge < -0.3 is 4.74 Å². The number of rotatable bonds is 14. The third-order valence-electron chi connectivity index (χ3n) is 5.99. The number of allylic oxidation sites excluding steroid dienone is 2. The van der Waals surface area contributed by atoms with Crippen molar-refractivity contribution in [3.05, 3.63) is 24.3 Å². The fourth-order valence-electron chi connectivity index (χ4n) is 4.13. The van der Waals surface area contributed by atoms with Crippen molar-refractivity contribution < 1.29 is 13.2 Å². The van der Waals surface area contributed by atoms with E-state index in [-0.39, 0.29) is 11.5 Å². The first-order valence-corrected chi connectivity index (χ1v) is 13.3. The van der Waals surface area contributed by atoms with Gasteiger partial charge in [-0.05, 0) is 12.5 Å².